The summed E-state index contributed by atoms with van der Waals surface area (Å²) < 4.78 is 1.04. The van der Waals surface area contributed by atoms with E-state index in [0.717, 1.165) is 22.1 Å². The topological polar surface area (TPSA) is 12.0 Å². The molecule has 0 aliphatic carbocycles. The SMILES string of the molecule is CCC(Nc1ccccc1Br)c1ccc(Cl)cc1Cl. The number of benzene rings is 2. The van der Waals surface area contributed by atoms with E-state index in [0.29, 0.717) is 10.0 Å². The summed E-state index contributed by atoms with van der Waals surface area (Å²) >= 11 is 15.8. The minimum Gasteiger partial charge on any atom is -0.377 e. The van der Waals surface area contributed by atoms with E-state index in [1.807, 2.05) is 36.4 Å². The Hall–Kier alpha value is -0.700. The molecule has 0 saturated carbocycles. The number of hydrogen-bond donors (Lipinski definition) is 1. The van der Waals surface area contributed by atoms with E-state index in [1.165, 1.54) is 0 Å². The van der Waals surface area contributed by atoms with Gasteiger partial charge in [-0.3, -0.25) is 0 Å². The molecule has 0 aliphatic heterocycles. The van der Waals surface area contributed by atoms with Crippen molar-refractivity contribution in [2.75, 3.05) is 5.32 Å². The van der Waals surface area contributed by atoms with Gasteiger partial charge >= 0.3 is 0 Å². The van der Waals surface area contributed by atoms with E-state index in [1.54, 1.807) is 6.07 Å². The maximum atomic E-state index is 6.27. The standard InChI is InChI=1S/C15H14BrCl2N/c1-2-14(11-8-7-10(17)9-13(11)18)19-15-6-4-3-5-12(15)16/h3-9,14,19H,2H2,1H3. The molecule has 2 aromatic rings. The molecule has 1 nitrogen and oxygen atoms in total. The van der Waals surface area contributed by atoms with Crippen molar-refractivity contribution >= 4 is 44.8 Å². The van der Waals surface area contributed by atoms with Crippen LogP contribution in [0, 0.1) is 0 Å². The first-order valence-corrected chi connectivity index (χ1v) is 7.62. The Kier molecular flexibility index (Phi) is 5.14. The average Bonchev–Trinajstić information content (AvgIpc) is 2.39. The Morgan fingerprint density at radius 2 is 1.89 bits per heavy atom. The third kappa shape index (κ3) is 3.65. The van der Waals surface area contributed by atoms with Crippen LogP contribution < -0.4 is 5.32 Å². The van der Waals surface area contributed by atoms with Gasteiger partial charge in [-0.2, -0.15) is 0 Å². The van der Waals surface area contributed by atoms with E-state index in [2.05, 4.69) is 28.2 Å². The zero-order valence-electron chi connectivity index (χ0n) is 10.5. The minimum absolute atomic E-state index is 0.156. The van der Waals surface area contributed by atoms with Crippen LogP contribution in [0.4, 0.5) is 5.69 Å². The summed E-state index contributed by atoms with van der Waals surface area (Å²) in [5.74, 6) is 0. The van der Waals surface area contributed by atoms with E-state index in [-0.39, 0.29) is 6.04 Å². The Bertz CT molecular complexity index is 572. The second kappa shape index (κ2) is 6.65. The minimum atomic E-state index is 0.156. The molecule has 0 fully saturated rings. The van der Waals surface area contributed by atoms with Gasteiger partial charge in [0.25, 0.3) is 0 Å². The molecule has 2 aromatic carbocycles. The fraction of sp³-hybridized carbons (Fsp3) is 0.200. The van der Waals surface area contributed by atoms with Crippen molar-refractivity contribution in [1.29, 1.82) is 0 Å². The van der Waals surface area contributed by atoms with Crippen molar-refractivity contribution in [3.63, 3.8) is 0 Å². The summed E-state index contributed by atoms with van der Waals surface area (Å²) in [5, 5.41) is 4.85. The molecule has 19 heavy (non-hydrogen) atoms. The molecule has 0 heterocycles. The van der Waals surface area contributed by atoms with E-state index in [4.69, 9.17) is 23.2 Å². The van der Waals surface area contributed by atoms with Crippen LogP contribution in [0.2, 0.25) is 10.0 Å². The van der Waals surface area contributed by atoms with Crippen LogP contribution in [0.25, 0.3) is 0 Å². The molecule has 0 aromatic heterocycles. The number of rotatable bonds is 4. The second-order valence-electron chi connectivity index (χ2n) is 4.25. The van der Waals surface area contributed by atoms with E-state index >= 15 is 0 Å². The van der Waals surface area contributed by atoms with Crippen molar-refractivity contribution < 1.29 is 0 Å². The fourth-order valence-electron chi connectivity index (χ4n) is 1.95. The summed E-state index contributed by atoms with van der Waals surface area (Å²) in [6.07, 6.45) is 0.933. The monoisotopic (exact) mass is 357 g/mol. The van der Waals surface area contributed by atoms with Gasteiger partial charge in [0.2, 0.25) is 0 Å². The van der Waals surface area contributed by atoms with Gasteiger partial charge in [-0.1, -0.05) is 48.3 Å². The average molecular weight is 359 g/mol. The molecule has 4 heteroatoms. The zero-order chi connectivity index (χ0) is 13.8. The van der Waals surface area contributed by atoms with Gasteiger partial charge in [0, 0.05) is 20.2 Å². The van der Waals surface area contributed by atoms with Crippen LogP contribution >= 0.6 is 39.1 Å². The highest BCUT2D eigenvalue weighted by atomic mass is 79.9. The first-order valence-electron chi connectivity index (χ1n) is 6.08. The fourth-order valence-corrected chi connectivity index (χ4v) is 2.89. The van der Waals surface area contributed by atoms with Gasteiger partial charge in [0.05, 0.1) is 6.04 Å². The molecule has 0 radical (unpaired) electrons. The highest BCUT2D eigenvalue weighted by Gasteiger charge is 2.14. The molecule has 1 N–H and O–H groups in total. The lowest BCUT2D eigenvalue weighted by molar-refractivity contribution is 0.749. The quantitative estimate of drug-likeness (QED) is 0.674. The van der Waals surface area contributed by atoms with E-state index in [9.17, 15) is 0 Å². The Balaban J connectivity index is 2.28. The smallest absolute Gasteiger partial charge is 0.0526 e. The number of para-hydroxylation sites is 1. The zero-order valence-corrected chi connectivity index (χ0v) is 13.6. The van der Waals surface area contributed by atoms with Gasteiger partial charge in [0.1, 0.15) is 0 Å². The number of nitrogens with one attached hydrogen (secondary N) is 1. The summed E-state index contributed by atoms with van der Waals surface area (Å²) in [4.78, 5) is 0. The van der Waals surface area contributed by atoms with Crippen LogP contribution in [0.1, 0.15) is 24.9 Å². The second-order valence-corrected chi connectivity index (χ2v) is 5.95. The number of hydrogen-bond acceptors (Lipinski definition) is 1. The highest BCUT2D eigenvalue weighted by molar-refractivity contribution is 9.10. The molecule has 100 valence electrons. The number of halogens is 3. The molecule has 0 aliphatic rings. The molecule has 1 atom stereocenters. The molecular formula is C15H14BrCl2N. The number of anilines is 1. The van der Waals surface area contributed by atoms with Crippen molar-refractivity contribution in [2.45, 2.75) is 19.4 Å². The lowest BCUT2D eigenvalue weighted by Gasteiger charge is -2.21. The summed E-state index contributed by atoms with van der Waals surface area (Å²) in [6.45, 7) is 2.12. The van der Waals surface area contributed by atoms with Gasteiger partial charge < -0.3 is 5.32 Å². The first kappa shape index (κ1) is 14.7. The molecule has 0 bridgehead atoms. The predicted molar refractivity (Wildman–Crippen MR) is 87.3 cm³/mol. The molecule has 1 unspecified atom stereocenters. The molecule has 2 rings (SSSR count). The van der Waals surface area contributed by atoms with Crippen LogP contribution in [0.15, 0.2) is 46.9 Å². The summed E-state index contributed by atoms with van der Waals surface area (Å²) in [7, 11) is 0. The summed E-state index contributed by atoms with van der Waals surface area (Å²) in [6, 6.07) is 13.8. The molecular weight excluding hydrogens is 345 g/mol. The van der Waals surface area contributed by atoms with Gasteiger partial charge in [0.15, 0.2) is 0 Å². The largest absolute Gasteiger partial charge is 0.377 e. The van der Waals surface area contributed by atoms with Crippen molar-refractivity contribution in [3.05, 3.63) is 62.5 Å². The van der Waals surface area contributed by atoms with Crippen molar-refractivity contribution in [3.8, 4) is 0 Å². The molecule has 0 spiro atoms. The van der Waals surface area contributed by atoms with Crippen molar-refractivity contribution in [1.82, 2.24) is 0 Å². The summed E-state index contributed by atoms with van der Waals surface area (Å²) in [5.41, 5.74) is 2.12. The molecule has 0 saturated heterocycles. The lowest BCUT2D eigenvalue weighted by Crippen LogP contribution is -2.10. The Labute approximate surface area is 132 Å². The van der Waals surface area contributed by atoms with E-state index < -0.39 is 0 Å². The van der Waals surface area contributed by atoms with Gasteiger partial charge in [-0.15, -0.1) is 0 Å². The maximum Gasteiger partial charge on any atom is 0.0526 e. The van der Waals surface area contributed by atoms with Crippen LogP contribution in [-0.2, 0) is 0 Å². The van der Waals surface area contributed by atoms with Crippen molar-refractivity contribution in [2.24, 2.45) is 0 Å². The first-order chi connectivity index (χ1) is 9.11. The lowest BCUT2D eigenvalue weighted by atomic mass is 10.0. The Morgan fingerprint density at radius 3 is 2.53 bits per heavy atom. The predicted octanol–water partition coefficient (Wildman–Crippen LogP) is 6.32. The normalized spacial score (nSPS) is 12.2. The van der Waals surface area contributed by atoms with Gasteiger partial charge in [-0.25, -0.2) is 0 Å². The maximum absolute atomic E-state index is 6.27. The third-order valence-corrected chi connectivity index (χ3v) is 4.20. The van der Waals surface area contributed by atoms with Crippen LogP contribution in [-0.4, -0.2) is 0 Å². The third-order valence-electron chi connectivity index (χ3n) is 2.95. The Morgan fingerprint density at radius 1 is 1.16 bits per heavy atom. The molecule has 0 amide bonds. The van der Waals surface area contributed by atoms with Gasteiger partial charge in [-0.05, 0) is 52.2 Å². The van der Waals surface area contributed by atoms with Crippen LogP contribution in [0.3, 0.4) is 0 Å². The van der Waals surface area contributed by atoms with Crippen LogP contribution in [0.5, 0.6) is 0 Å². The highest BCUT2D eigenvalue weighted by Crippen LogP contribution is 2.32.